The topological polar surface area (TPSA) is 71.2 Å². The summed E-state index contributed by atoms with van der Waals surface area (Å²) in [6, 6.07) is 1.89. The minimum Gasteiger partial charge on any atom is -0.346 e. The van der Waals surface area contributed by atoms with Crippen molar-refractivity contribution in [3.8, 4) is 0 Å². The number of amides is 1. The first-order valence-electron chi connectivity index (χ1n) is 5.48. The lowest BCUT2D eigenvalue weighted by Crippen LogP contribution is -2.39. The fourth-order valence-electron chi connectivity index (χ4n) is 1.85. The van der Waals surface area contributed by atoms with E-state index in [-0.39, 0.29) is 5.91 Å². The van der Waals surface area contributed by atoms with E-state index in [9.17, 15) is 4.79 Å². The fourth-order valence-corrected chi connectivity index (χ4v) is 1.85. The highest BCUT2D eigenvalue weighted by atomic mass is 16.2. The SMILES string of the molecule is CCCN1CC(=O)Nc2cc(CN)cnc21. The van der Waals surface area contributed by atoms with Crippen molar-refractivity contribution in [1.29, 1.82) is 0 Å². The van der Waals surface area contributed by atoms with Gasteiger partial charge in [0.25, 0.3) is 0 Å². The van der Waals surface area contributed by atoms with Crippen molar-refractivity contribution in [2.75, 3.05) is 23.3 Å². The van der Waals surface area contributed by atoms with Gasteiger partial charge in [0.15, 0.2) is 5.82 Å². The summed E-state index contributed by atoms with van der Waals surface area (Å²) < 4.78 is 0. The van der Waals surface area contributed by atoms with Gasteiger partial charge in [-0.05, 0) is 18.1 Å². The summed E-state index contributed by atoms with van der Waals surface area (Å²) >= 11 is 0. The number of pyridine rings is 1. The maximum atomic E-state index is 11.5. The molecule has 1 amide bonds. The number of hydrogen-bond donors (Lipinski definition) is 2. The molecule has 2 heterocycles. The maximum Gasteiger partial charge on any atom is 0.244 e. The predicted octanol–water partition coefficient (Wildman–Crippen LogP) is 0.709. The summed E-state index contributed by atoms with van der Waals surface area (Å²) in [5, 5.41) is 2.82. The van der Waals surface area contributed by atoms with Crippen molar-refractivity contribution in [2.45, 2.75) is 19.9 Å². The molecule has 0 radical (unpaired) electrons. The molecule has 0 aromatic carbocycles. The fraction of sp³-hybridized carbons (Fsp3) is 0.455. The molecule has 0 spiro atoms. The van der Waals surface area contributed by atoms with E-state index < -0.39 is 0 Å². The second kappa shape index (κ2) is 4.49. The van der Waals surface area contributed by atoms with Gasteiger partial charge in [-0.1, -0.05) is 6.92 Å². The predicted molar refractivity (Wildman–Crippen MR) is 63.3 cm³/mol. The summed E-state index contributed by atoms with van der Waals surface area (Å²) in [6.45, 7) is 3.75. The molecule has 5 heteroatoms. The van der Waals surface area contributed by atoms with Crippen molar-refractivity contribution in [1.82, 2.24) is 4.98 Å². The molecule has 3 N–H and O–H groups in total. The number of nitrogens with zero attached hydrogens (tertiary/aromatic N) is 2. The Morgan fingerprint density at radius 1 is 1.62 bits per heavy atom. The summed E-state index contributed by atoms with van der Waals surface area (Å²) in [7, 11) is 0. The van der Waals surface area contributed by atoms with Crippen LogP contribution in [-0.2, 0) is 11.3 Å². The Labute approximate surface area is 94.6 Å². The van der Waals surface area contributed by atoms with Crippen LogP contribution in [0.3, 0.4) is 0 Å². The van der Waals surface area contributed by atoms with Gasteiger partial charge in [0, 0.05) is 19.3 Å². The molecule has 16 heavy (non-hydrogen) atoms. The highest BCUT2D eigenvalue weighted by Gasteiger charge is 2.22. The van der Waals surface area contributed by atoms with Crippen LogP contribution in [0.4, 0.5) is 11.5 Å². The van der Waals surface area contributed by atoms with Crippen LogP contribution in [0, 0.1) is 0 Å². The molecule has 1 aliphatic heterocycles. The molecular formula is C11H16N4O. The van der Waals surface area contributed by atoms with Crippen molar-refractivity contribution in [2.24, 2.45) is 5.73 Å². The summed E-state index contributed by atoms with van der Waals surface area (Å²) in [6.07, 6.45) is 2.76. The molecule has 2 rings (SSSR count). The first-order valence-corrected chi connectivity index (χ1v) is 5.48. The second-order valence-electron chi connectivity index (χ2n) is 3.89. The van der Waals surface area contributed by atoms with Crippen LogP contribution >= 0.6 is 0 Å². The monoisotopic (exact) mass is 220 g/mol. The smallest absolute Gasteiger partial charge is 0.244 e. The molecule has 1 aliphatic rings. The molecule has 1 aromatic rings. The number of hydrogen-bond acceptors (Lipinski definition) is 4. The second-order valence-corrected chi connectivity index (χ2v) is 3.89. The Kier molecular flexibility index (Phi) is 3.05. The minimum absolute atomic E-state index is 0.0110. The molecule has 5 nitrogen and oxygen atoms in total. The third-order valence-electron chi connectivity index (χ3n) is 2.56. The van der Waals surface area contributed by atoms with Crippen molar-refractivity contribution >= 4 is 17.4 Å². The summed E-state index contributed by atoms with van der Waals surface area (Å²) in [5.74, 6) is 0.857. The molecule has 1 aromatic heterocycles. The number of anilines is 2. The highest BCUT2D eigenvalue weighted by Crippen LogP contribution is 2.27. The van der Waals surface area contributed by atoms with E-state index in [1.807, 2.05) is 11.0 Å². The van der Waals surface area contributed by atoms with E-state index in [0.29, 0.717) is 13.1 Å². The molecule has 0 bridgehead atoms. The normalized spacial score (nSPS) is 14.6. The zero-order valence-corrected chi connectivity index (χ0v) is 9.36. The first kappa shape index (κ1) is 10.9. The van der Waals surface area contributed by atoms with Gasteiger partial charge < -0.3 is 16.0 Å². The van der Waals surface area contributed by atoms with E-state index in [4.69, 9.17) is 5.73 Å². The number of aromatic nitrogens is 1. The van der Waals surface area contributed by atoms with Crippen LogP contribution < -0.4 is 16.0 Å². The van der Waals surface area contributed by atoms with E-state index in [2.05, 4.69) is 17.2 Å². The number of nitrogens with two attached hydrogens (primary N) is 1. The Hall–Kier alpha value is -1.62. The molecule has 0 saturated heterocycles. The molecule has 86 valence electrons. The van der Waals surface area contributed by atoms with Gasteiger partial charge in [-0.15, -0.1) is 0 Å². The lowest BCUT2D eigenvalue weighted by Gasteiger charge is -2.29. The highest BCUT2D eigenvalue weighted by molar-refractivity contribution is 6.00. The molecule has 0 unspecified atom stereocenters. The van der Waals surface area contributed by atoms with Gasteiger partial charge in [0.2, 0.25) is 5.91 Å². The Morgan fingerprint density at radius 2 is 2.44 bits per heavy atom. The molecule has 0 aliphatic carbocycles. The average Bonchev–Trinajstić information content (AvgIpc) is 2.28. The maximum absolute atomic E-state index is 11.5. The molecule has 0 atom stereocenters. The van der Waals surface area contributed by atoms with Crippen LogP contribution in [0.1, 0.15) is 18.9 Å². The first-order chi connectivity index (χ1) is 7.74. The zero-order valence-electron chi connectivity index (χ0n) is 9.36. The Morgan fingerprint density at radius 3 is 3.12 bits per heavy atom. The molecule has 0 fully saturated rings. The number of nitrogens with one attached hydrogen (secondary N) is 1. The lowest BCUT2D eigenvalue weighted by atomic mass is 10.2. The standard InChI is InChI=1S/C11H16N4O/c1-2-3-15-7-10(16)14-9-4-8(5-12)6-13-11(9)15/h4,6H,2-3,5,7,12H2,1H3,(H,14,16). The number of rotatable bonds is 3. The van der Waals surface area contributed by atoms with Gasteiger partial charge in [-0.3, -0.25) is 4.79 Å². The van der Waals surface area contributed by atoms with Gasteiger partial charge in [0.05, 0.1) is 12.2 Å². The minimum atomic E-state index is 0.0110. The van der Waals surface area contributed by atoms with Crippen molar-refractivity contribution in [3.05, 3.63) is 17.8 Å². The van der Waals surface area contributed by atoms with Gasteiger partial charge >= 0.3 is 0 Å². The van der Waals surface area contributed by atoms with Crippen LogP contribution in [-0.4, -0.2) is 24.0 Å². The Bertz CT molecular complexity index is 405. The van der Waals surface area contributed by atoms with E-state index in [0.717, 1.165) is 30.0 Å². The quantitative estimate of drug-likeness (QED) is 0.787. The van der Waals surface area contributed by atoms with Crippen molar-refractivity contribution < 1.29 is 4.79 Å². The van der Waals surface area contributed by atoms with Gasteiger partial charge in [-0.25, -0.2) is 4.98 Å². The average molecular weight is 220 g/mol. The summed E-state index contributed by atoms with van der Waals surface area (Å²) in [5.41, 5.74) is 7.24. The van der Waals surface area contributed by atoms with Crippen LogP contribution in [0.2, 0.25) is 0 Å². The largest absolute Gasteiger partial charge is 0.346 e. The Balaban J connectivity index is 2.35. The van der Waals surface area contributed by atoms with Crippen molar-refractivity contribution in [3.63, 3.8) is 0 Å². The number of carbonyl (C=O) groups excluding carboxylic acids is 1. The molecular weight excluding hydrogens is 204 g/mol. The van der Waals surface area contributed by atoms with Gasteiger partial charge in [0.1, 0.15) is 0 Å². The van der Waals surface area contributed by atoms with Crippen LogP contribution in [0.25, 0.3) is 0 Å². The third kappa shape index (κ3) is 1.99. The van der Waals surface area contributed by atoms with E-state index in [1.54, 1.807) is 6.20 Å². The summed E-state index contributed by atoms with van der Waals surface area (Å²) in [4.78, 5) is 17.8. The number of carbonyl (C=O) groups is 1. The van der Waals surface area contributed by atoms with E-state index in [1.165, 1.54) is 0 Å². The van der Waals surface area contributed by atoms with E-state index >= 15 is 0 Å². The lowest BCUT2D eigenvalue weighted by molar-refractivity contribution is -0.115. The number of fused-ring (bicyclic) bond motifs is 1. The third-order valence-corrected chi connectivity index (χ3v) is 2.56. The van der Waals surface area contributed by atoms with Crippen LogP contribution in [0.15, 0.2) is 12.3 Å². The van der Waals surface area contributed by atoms with Gasteiger partial charge in [-0.2, -0.15) is 0 Å². The molecule has 0 saturated carbocycles. The van der Waals surface area contributed by atoms with Crippen LogP contribution in [0.5, 0.6) is 0 Å². The zero-order chi connectivity index (χ0) is 11.5.